The number of carboxylic acid groups (broad SMARTS) is 1. The lowest BCUT2D eigenvalue weighted by Gasteiger charge is -2.27. The Bertz CT molecular complexity index is 364. The molecule has 1 fully saturated rings. The second-order valence-electron chi connectivity index (χ2n) is 4.17. The summed E-state index contributed by atoms with van der Waals surface area (Å²) in [6, 6.07) is -1.06. The molecule has 0 amide bonds. The molecule has 0 aromatic rings. The molecule has 0 radical (unpaired) electrons. The van der Waals surface area contributed by atoms with Gasteiger partial charge in [0, 0.05) is 13.1 Å². The van der Waals surface area contributed by atoms with E-state index in [-0.39, 0.29) is 13.1 Å². The molecule has 1 atom stereocenters. The highest BCUT2D eigenvalue weighted by Crippen LogP contribution is 2.07. The van der Waals surface area contributed by atoms with Gasteiger partial charge in [-0.3, -0.25) is 4.79 Å². The second kappa shape index (κ2) is 7.03. The molecule has 0 aromatic heterocycles. The molecule has 7 nitrogen and oxygen atoms in total. The summed E-state index contributed by atoms with van der Waals surface area (Å²) >= 11 is 0. The van der Waals surface area contributed by atoms with Crippen molar-refractivity contribution >= 4 is 16.2 Å². The summed E-state index contributed by atoms with van der Waals surface area (Å²) in [6.07, 6.45) is 1.79. The van der Waals surface area contributed by atoms with Crippen molar-refractivity contribution in [1.29, 1.82) is 0 Å². The Morgan fingerprint density at radius 2 is 2.06 bits per heavy atom. The third-order valence-electron chi connectivity index (χ3n) is 2.75. The number of hydrogen-bond donors (Lipinski definition) is 2. The van der Waals surface area contributed by atoms with Gasteiger partial charge in [0.05, 0.1) is 13.2 Å². The number of carboxylic acids is 1. The summed E-state index contributed by atoms with van der Waals surface area (Å²) in [6.45, 7) is 3.13. The van der Waals surface area contributed by atoms with Crippen molar-refractivity contribution in [3.8, 4) is 0 Å². The molecule has 1 aliphatic rings. The van der Waals surface area contributed by atoms with E-state index in [1.54, 1.807) is 0 Å². The smallest absolute Gasteiger partial charge is 0.321 e. The van der Waals surface area contributed by atoms with Crippen LogP contribution in [0, 0.1) is 0 Å². The van der Waals surface area contributed by atoms with Crippen LogP contribution in [0.25, 0.3) is 0 Å². The lowest BCUT2D eigenvalue weighted by atomic mass is 10.1. The summed E-state index contributed by atoms with van der Waals surface area (Å²) in [5.41, 5.74) is 0. The van der Waals surface area contributed by atoms with Crippen molar-refractivity contribution in [1.82, 2.24) is 9.03 Å². The number of ether oxygens (including phenoxy) is 1. The van der Waals surface area contributed by atoms with Crippen LogP contribution in [-0.2, 0) is 19.7 Å². The first-order valence-corrected chi connectivity index (χ1v) is 7.49. The van der Waals surface area contributed by atoms with Gasteiger partial charge < -0.3 is 9.84 Å². The molecular weight excluding hydrogens is 260 g/mol. The predicted molar refractivity (Wildman–Crippen MR) is 65.4 cm³/mol. The van der Waals surface area contributed by atoms with Gasteiger partial charge in [0.1, 0.15) is 6.04 Å². The molecular formula is C10H20N2O5S. The Hall–Kier alpha value is -0.700. The molecule has 1 aliphatic heterocycles. The number of unbranched alkanes of at least 4 members (excludes halogenated alkanes) is 1. The van der Waals surface area contributed by atoms with Crippen molar-refractivity contribution in [2.75, 3.05) is 26.3 Å². The molecule has 1 heterocycles. The average Bonchev–Trinajstić information content (AvgIpc) is 2.35. The standard InChI is InChI=1S/C10H20N2O5S/c1-2-3-4-9(10(13)14)11-18(15,16)12-5-7-17-8-6-12/h9,11H,2-8H2,1H3,(H,13,14)/t9-/m0/s1. The zero-order valence-corrected chi connectivity index (χ0v) is 11.3. The number of rotatable bonds is 7. The Labute approximate surface area is 107 Å². The van der Waals surface area contributed by atoms with E-state index in [9.17, 15) is 13.2 Å². The van der Waals surface area contributed by atoms with Crippen LogP contribution in [0.15, 0.2) is 0 Å². The summed E-state index contributed by atoms with van der Waals surface area (Å²) in [5, 5.41) is 8.99. The monoisotopic (exact) mass is 280 g/mol. The average molecular weight is 280 g/mol. The van der Waals surface area contributed by atoms with E-state index < -0.39 is 22.2 Å². The Morgan fingerprint density at radius 1 is 1.44 bits per heavy atom. The Morgan fingerprint density at radius 3 is 2.56 bits per heavy atom. The molecule has 0 aliphatic carbocycles. The molecule has 1 saturated heterocycles. The highest BCUT2D eigenvalue weighted by Gasteiger charge is 2.29. The van der Waals surface area contributed by atoms with Crippen LogP contribution in [0.5, 0.6) is 0 Å². The third-order valence-corrected chi connectivity index (χ3v) is 4.37. The fourth-order valence-corrected chi connectivity index (χ4v) is 3.04. The van der Waals surface area contributed by atoms with E-state index in [4.69, 9.17) is 9.84 Å². The van der Waals surface area contributed by atoms with E-state index >= 15 is 0 Å². The maximum atomic E-state index is 12.0. The second-order valence-corrected chi connectivity index (χ2v) is 5.87. The quantitative estimate of drug-likeness (QED) is 0.673. The fraction of sp³-hybridized carbons (Fsp3) is 0.900. The van der Waals surface area contributed by atoms with Gasteiger partial charge in [0.25, 0.3) is 10.2 Å². The van der Waals surface area contributed by atoms with Gasteiger partial charge in [-0.2, -0.15) is 17.4 Å². The third kappa shape index (κ3) is 4.52. The minimum atomic E-state index is -3.74. The molecule has 0 saturated carbocycles. The predicted octanol–water partition coefficient (Wildman–Crippen LogP) is -0.204. The van der Waals surface area contributed by atoms with Gasteiger partial charge in [0.15, 0.2) is 0 Å². The molecule has 0 spiro atoms. The van der Waals surface area contributed by atoms with Gasteiger partial charge in [-0.1, -0.05) is 19.8 Å². The Kier molecular flexibility index (Phi) is 6.00. The number of carbonyl (C=O) groups is 1. The number of nitrogens with one attached hydrogen (secondary N) is 1. The maximum absolute atomic E-state index is 12.0. The van der Waals surface area contributed by atoms with Crippen molar-refractivity contribution in [2.24, 2.45) is 0 Å². The zero-order chi connectivity index (χ0) is 13.6. The van der Waals surface area contributed by atoms with Crippen LogP contribution in [-0.4, -0.2) is 56.1 Å². The minimum absolute atomic E-state index is 0.259. The van der Waals surface area contributed by atoms with E-state index in [0.29, 0.717) is 26.1 Å². The maximum Gasteiger partial charge on any atom is 0.321 e. The number of aliphatic carboxylic acids is 1. The lowest BCUT2D eigenvalue weighted by Crippen LogP contribution is -2.51. The van der Waals surface area contributed by atoms with E-state index in [0.717, 1.165) is 6.42 Å². The molecule has 0 unspecified atom stereocenters. The topological polar surface area (TPSA) is 95.9 Å². The summed E-state index contributed by atoms with van der Waals surface area (Å²) < 4.78 is 32.4. The molecule has 2 N–H and O–H groups in total. The van der Waals surface area contributed by atoms with Crippen LogP contribution in [0.4, 0.5) is 0 Å². The molecule has 1 rings (SSSR count). The lowest BCUT2D eigenvalue weighted by molar-refractivity contribution is -0.139. The van der Waals surface area contributed by atoms with Crippen molar-refractivity contribution in [3.05, 3.63) is 0 Å². The van der Waals surface area contributed by atoms with Gasteiger partial charge >= 0.3 is 5.97 Å². The first kappa shape index (κ1) is 15.4. The molecule has 0 aromatic carbocycles. The SMILES string of the molecule is CCCC[C@H](NS(=O)(=O)N1CCOCC1)C(=O)O. The van der Waals surface area contributed by atoms with Crippen molar-refractivity contribution in [2.45, 2.75) is 32.2 Å². The van der Waals surface area contributed by atoms with Gasteiger partial charge in [-0.25, -0.2) is 0 Å². The molecule has 18 heavy (non-hydrogen) atoms. The fourth-order valence-electron chi connectivity index (χ4n) is 1.68. The number of hydrogen-bond acceptors (Lipinski definition) is 4. The van der Waals surface area contributed by atoms with Gasteiger partial charge in [-0.05, 0) is 6.42 Å². The highest BCUT2D eigenvalue weighted by atomic mass is 32.2. The molecule has 0 bridgehead atoms. The van der Waals surface area contributed by atoms with Crippen molar-refractivity contribution < 1.29 is 23.1 Å². The normalized spacial score (nSPS) is 19.6. The summed E-state index contributed by atoms with van der Waals surface area (Å²) in [5.74, 6) is -1.14. The van der Waals surface area contributed by atoms with E-state index in [2.05, 4.69) is 4.72 Å². The van der Waals surface area contributed by atoms with Crippen LogP contribution < -0.4 is 4.72 Å². The first-order valence-electron chi connectivity index (χ1n) is 6.05. The van der Waals surface area contributed by atoms with Crippen LogP contribution in [0.1, 0.15) is 26.2 Å². The number of morpholine rings is 1. The minimum Gasteiger partial charge on any atom is -0.480 e. The Balaban J connectivity index is 2.62. The number of nitrogens with zero attached hydrogens (tertiary/aromatic N) is 1. The van der Waals surface area contributed by atoms with Crippen LogP contribution >= 0.6 is 0 Å². The van der Waals surface area contributed by atoms with Gasteiger partial charge in [-0.15, -0.1) is 0 Å². The molecule has 8 heteroatoms. The van der Waals surface area contributed by atoms with E-state index in [1.807, 2.05) is 6.92 Å². The first-order chi connectivity index (χ1) is 8.47. The van der Waals surface area contributed by atoms with Crippen LogP contribution in [0.3, 0.4) is 0 Å². The zero-order valence-electron chi connectivity index (χ0n) is 10.5. The largest absolute Gasteiger partial charge is 0.480 e. The van der Waals surface area contributed by atoms with Crippen LogP contribution in [0.2, 0.25) is 0 Å². The van der Waals surface area contributed by atoms with Gasteiger partial charge in [0.2, 0.25) is 0 Å². The molecule has 106 valence electrons. The summed E-state index contributed by atoms with van der Waals surface area (Å²) in [7, 11) is -3.74. The summed E-state index contributed by atoms with van der Waals surface area (Å²) in [4.78, 5) is 11.0. The highest BCUT2D eigenvalue weighted by molar-refractivity contribution is 7.87. The van der Waals surface area contributed by atoms with Crippen molar-refractivity contribution in [3.63, 3.8) is 0 Å². The van der Waals surface area contributed by atoms with E-state index in [1.165, 1.54) is 4.31 Å².